The molecule has 1 unspecified atom stereocenters. The standard InChI is InChI=1S/C19H17Cl2N3O/c1-13(19(25)23(2)16-6-4-3-5-7-16)14-8-9-18(17(21)10-14)24-12-15(20)11-22-24/h3-13H,1-2H3. The van der Waals surface area contributed by atoms with Gasteiger partial charge in [-0.05, 0) is 36.8 Å². The highest BCUT2D eigenvalue weighted by atomic mass is 35.5. The number of hydrogen-bond acceptors (Lipinski definition) is 2. The van der Waals surface area contributed by atoms with Crippen LogP contribution in [0.1, 0.15) is 18.4 Å². The van der Waals surface area contributed by atoms with Gasteiger partial charge in [-0.2, -0.15) is 5.10 Å². The van der Waals surface area contributed by atoms with E-state index < -0.39 is 0 Å². The molecule has 6 heteroatoms. The lowest BCUT2D eigenvalue weighted by atomic mass is 9.99. The normalized spacial score (nSPS) is 12.0. The fraction of sp³-hybridized carbons (Fsp3) is 0.158. The average Bonchev–Trinajstić information content (AvgIpc) is 3.06. The second kappa shape index (κ2) is 7.30. The Morgan fingerprint density at radius 2 is 1.88 bits per heavy atom. The van der Waals surface area contributed by atoms with Gasteiger partial charge in [0.05, 0.1) is 27.8 Å². The highest BCUT2D eigenvalue weighted by Gasteiger charge is 2.21. The Labute approximate surface area is 156 Å². The quantitative estimate of drug-likeness (QED) is 0.648. The van der Waals surface area contributed by atoms with E-state index in [0.29, 0.717) is 15.7 Å². The van der Waals surface area contributed by atoms with Gasteiger partial charge in [0.25, 0.3) is 0 Å². The Bertz CT molecular complexity index is 893. The first-order valence-corrected chi connectivity index (χ1v) is 8.55. The molecule has 0 spiro atoms. The molecule has 1 aromatic heterocycles. The summed E-state index contributed by atoms with van der Waals surface area (Å²) in [4.78, 5) is 14.4. The lowest BCUT2D eigenvalue weighted by molar-refractivity contribution is -0.119. The summed E-state index contributed by atoms with van der Waals surface area (Å²) in [6.45, 7) is 1.87. The van der Waals surface area contributed by atoms with Crippen molar-refractivity contribution < 1.29 is 4.79 Å². The molecule has 0 bridgehead atoms. The molecule has 1 atom stereocenters. The Balaban J connectivity index is 1.84. The van der Waals surface area contributed by atoms with Crippen LogP contribution in [0.25, 0.3) is 5.69 Å². The number of carbonyl (C=O) groups excluding carboxylic acids is 1. The zero-order valence-electron chi connectivity index (χ0n) is 13.9. The van der Waals surface area contributed by atoms with Crippen LogP contribution in [-0.2, 0) is 4.79 Å². The zero-order chi connectivity index (χ0) is 18.0. The van der Waals surface area contributed by atoms with Crippen molar-refractivity contribution in [1.29, 1.82) is 0 Å². The van der Waals surface area contributed by atoms with Crippen LogP contribution in [-0.4, -0.2) is 22.7 Å². The monoisotopic (exact) mass is 373 g/mol. The van der Waals surface area contributed by atoms with Crippen LogP contribution in [0, 0.1) is 0 Å². The molecular formula is C19H17Cl2N3O. The molecule has 3 aromatic rings. The van der Waals surface area contributed by atoms with E-state index in [4.69, 9.17) is 23.2 Å². The van der Waals surface area contributed by atoms with Crippen molar-refractivity contribution in [3.8, 4) is 5.69 Å². The van der Waals surface area contributed by atoms with Crippen LogP contribution >= 0.6 is 23.2 Å². The number of benzene rings is 2. The molecule has 0 fully saturated rings. The van der Waals surface area contributed by atoms with Gasteiger partial charge in [0.15, 0.2) is 0 Å². The van der Waals surface area contributed by atoms with E-state index in [-0.39, 0.29) is 11.8 Å². The topological polar surface area (TPSA) is 38.1 Å². The number of para-hydroxylation sites is 1. The van der Waals surface area contributed by atoms with Crippen LogP contribution in [0.15, 0.2) is 60.9 Å². The molecule has 0 aliphatic carbocycles. The van der Waals surface area contributed by atoms with Gasteiger partial charge in [0, 0.05) is 18.9 Å². The minimum atomic E-state index is -0.321. The molecule has 1 amide bonds. The fourth-order valence-electron chi connectivity index (χ4n) is 2.62. The molecule has 0 aliphatic heterocycles. The molecule has 0 saturated heterocycles. The maximum absolute atomic E-state index is 12.8. The van der Waals surface area contributed by atoms with Crippen molar-refractivity contribution in [1.82, 2.24) is 9.78 Å². The number of anilines is 1. The third-order valence-corrected chi connectivity index (χ3v) is 4.61. The first-order valence-electron chi connectivity index (χ1n) is 7.80. The number of rotatable bonds is 4. The summed E-state index contributed by atoms with van der Waals surface area (Å²) in [5.41, 5.74) is 2.42. The van der Waals surface area contributed by atoms with E-state index in [9.17, 15) is 4.79 Å². The Morgan fingerprint density at radius 1 is 1.16 bits per heavy atom. The summed E-state index contributed by atoms with van der Waals surface area (Å²) in [5.74, 6) is -0.324. The molecule has 3 rings (SSSR count). The largest absolute Gasteiger partial charge is 0.315 e. The molecule has 2 aromatic carbocycles. The summed E-state index contributed by atoms with van der Waals surface area (Å²) in [7, 11) is 1.77. The second-order valence-corrected chi connectivity index (χ2v) is 6.61. The van der Waals surface area contributed by atoms with Gasteiger partial charge in [-0.1, -0.05) is 47.5 Å². The van der Waals surface area contributed by atoms with E-state index in [1.54, 1.807) is 35.1 Å². The number of carbonyl (C=O) groups is 1. The molecule has 4 nitrogen and oxygen atoms in total. The molecule has 0 aliphatic rings. The Hall–Kier alpha value is -2.30. The van der Waals surface area contributed by atoms with Crippen LogP contribution in [0.3, 0.4) is 0 Å². The third kappa shape index (κ3) is 3.70. The lowest BCUT2D eigenvalue weighted by Gasteiger charge is -2.22. The smallest absolute Gasteiger partial charge is 0.233 e. The zero-order valence-corrected chi connectivity index (χ0v) is 15.4. The van der Waals surface area contributed by atoms with E-state index in [2.05, 4.69) is 5.10 Å². The third-order valence-electron chi connectivity index (χ3n) is 4.11. The van der Waals surface area contributed by atoms with Crippen LogP contribution in [0.5, 0.6) is 0 Å². The highest BCUT2D eigenvalue weighted by molar-refractivity contribution is 6.32. The van der Waals surface area contributed by atoms with Crippen molar-refractivity contribution >= 4 is 34.8 Å². The maximum atomic E-state index is 12.8. The minimum Gasteiger partial charge on any atom is -0.315 e. The van der Waals surface area contributed by atoms with Gasteiger partial charge in [-0.3, -0.25) is 4.79 Å². The van der Waals surface area contributed by atoms with Gasteiger partial charge < -0.3 is 4.90 Å². The van der Waals surface area contributed by atoms with Crippen molar-refractivity contribution in [3.63, 3.8) is 0 Å². The number of aromatic nitrogens is 2. The van der Waals surface area contributed by atoms with Gasteiger partial charge >= 0.3 is 0 Å². The predicted octanol–water partition coefficient (Wildman–Crippen LogP) is 4.95. The fourth-order valence-corrected chi connectivity index (χ4v) is 3.03. The number of likely N-dealkylation sites (N-methyl/N-ethyl adjacent to an activating group) is 1. The van der Waals surface area contributed by atoms with E-state index >= 15 is 0 Å². The van der Waals surface area contributed by atoms with Crippen LogP contribution in [0.4, 0.5) is 5.69 Å². The SMILES string of the molecule is CC(C(=O)N(C)c1ccccc1)c1ccc(-n2cc(Cl)cn2)c(Cl)c1. The van der Waals surface area contributed by atoms with Crippen molar-refractivity contribution in [2.24, 2.45) is 0 Å². The van der Waals surface area contributed by atoms with Crippen LogP contribution in [0.2, 0.25) is 10.0 Å². The molecule has 0 saturated carbocycles. The number of nitrogens with zero attached hydrogens (tertiary/aromatic N) is 3. The molecule has 25 heavy (non-hydrogen) atoms. The lowest BCUT2D eigenvalue weighted by Crippen LogP contribution is -2.30. The second-order valence-electron chi connectivity index (χ2n) is 5.77. The first kappa shape index (κ1) is 17.5. The van der Waals surface area contributed by atoms with Gasteiger partial charge in [-0.15, -0.1) is 0 Å². The molecule has 1 heterocycles. The van der Waals surface area contributed by atoms with E-state index in [0.717, 1.165) is 11.3 Å². The molecule has 0 N–H and O–H groups in total. The van der Waals surface area contributed by atoms with Crippen LogP contribution < -0.4 is 4.90 Å². The summed E-state index contributed by atoms with van der Waals surface area (Å²) in [6, 6.07) is 15.1. The summed E-state index contributed by atoms with van der Waals surface area (Å²) < 4.78 is 1.61. The Kier molecular flexibility index (Phi) is 5.11. The van der Waals surface area contributed by atoms with Crippen molar-refractivity contribution in [3.05, 3.63) is 76.5 Å². The van der Waals surface area contributed by atoms with Gasteiger partial charge in [0.2, 0.25) is 5.91 Å². The minimum absolute atomic E-state index is 0.00264. The van der Waals surface area contributed by atoms with Crippen molar-refractivity contribution in [2.75, 3.05) is 11.9 Å². The number of amides is 1. The summed E-state index contributed by atoms with van der Waals surface area (Å²) in [6.07, 6.45) is 3.23. The number of halogens is 2. The number of hydrogen-bond donors (Lipinski definition) is 0. The summed E-state index contributed by atoms with van der Waals surface area (Å²) >= 11 is 12.3. The van der Waals surface area contributed by atoms with E-state index in [1.165, 1.54) is 0 Å². The predicted molar refractivity (Wildman–Crippen MR) is 102 cm³/mol. The molecule has 128 valence electrons. The molecular weight excluding hydrogens is 357 g/mol. The highest BCUT2D eigenvalue weighted by Crippen LogP contribution is 2.28. The maximum Gasteiger partial charge on any atom is 0.233 e. The van der Waals surface area contributed by atoms with E-state index in [1.807, 2.05) is 49.4 Å². The summed E-state index contributed by atoms with van der Waals surface area (Å²) in [5, 5.41) is 5.20. The Morgan fingerprint density at radius 3 is 2.48 bits per heavy atom. The van der Waals surface area contributed by atoms with Crippen molar-refractivity contribution in [2.45, 2.75) is 12.8 Å². The molecule has 0 radical (unpaired) electrons. The van der Waals surface area contributed by atoms with Gasteiger partial charge in [0.1, 0.15) is 0 Å². The average molecular weight is 374 g/mol. The first-order chi connectivity index (χ1) is 12.0. The van der Waals surface area contributed by atoms with Gasteiger partial charge in [-0.25, -0.2) is 4.68 Å².